The van der Waals surface area contributed by atoms with Crippen LogP contribution in [0, 0.1) is 23.7 Å². The largest absolute Gasteiger partial charge is 0.176 e. The molecule has 1 heterocycles. The van der Waals surface area contributed by atoms with E-state index < -0.39 is 0 Å². The highest BCUT2D eigenvalue weighted by Crippen LogP contribution is 2.52. The molecule has 1 saturated heterocycles. The second-order valence-corrected chi connectivity index (χ2v) is 14.6. The second kappa shape index (κ2) is 12.4. The van der Waals surface area contributed by atoms with Crippen molar-refractivity contribution in [3.63, 3.8) is 0 Å². The van der Waals surface area contributed by atoms with Gasteiger partial charge in [0.1, 0.15) is 0 Å². The molecule has 4 aromatic rings. The van der Waals surface area contributed by atoms with E-state index in [9.17, 15) is 0 Å². The zero-order valence-electron chi connectivity index (χ0n) is 28.0. The fourth-order valence-corrected chi connectivity index (χ4v) is 7.61. The van der Waals surface area contributed by atoms with Gasteiger partial charge in [0.05, 0.1) is 0 Å². The lowest BCUT2D eigenvalue weighted by Gasteiger charge is -2.35. The molecule has 226 valence electrons. The van der Waals surface area contributed by atoms with Gasteiger partial charge in [0.15, 0.2) is 6.71 Å². The molecule has 1 unspecified atom stereocenters. The van der Waals surface area contributed by atoms with E-state index in [1.807, 2.05) is 12.2 Å². The molecular weight excluding hydrogens is 539 g/mol. The standard InChI is InChI=1S/C44H47B/c1-8-9-16-33-20-22-36(26-32(33)3)39-19-12-10-11-15-31(2)42(37-23-21-34-17-13-14-18-35(34)27-37)41-28-38(24-25-40(39)41)45-29-43(4,5)44(6,7)30-45/h8-18,20-28,31H,1,19,29-30H2,2-7H3/b12-10-,15-11-,16-9-,40-39+,42-41+. The molecule has 1 fully saturated rings. The maximum Gasteiger partial charge on any atom is 0.176 e. The quantitative estimate of drug-likeness (QED) is 0.161. The van der Waals surface area contributed by atoms with Crippen molar-refractivity contribution < 1.29 is 0 Å². The molecule has 4 aromatic carbocycles. The second-order valence-electron chi connectivity index (χ2n) is 14.6. The zero-order valence-corrected chi connectivity index (χ0v) is 28.0. The van der Waals surface area contributed by atoms with E-state index >= 15 is 0 Å². The molecule has 1 aliphatic carbocycles. The highest BCUT2D eigenvalue weighted by Gasteiger charge is 2.48. The molecule has 0 nitrogen and oxygen atoms in total. The molecular formula is C44H47B. The minimum absolute atomic E-state index is 0.244. The Morgan fingerprint density at radius 2 is 1.51 bits per heavy atom. The third-order valence-electron chi connectivity index (χ3n) is 11.0. The molecule has 0 radical (unpaired) electrons. The number of aryl methyl sites for hydroxylation is 1. The lowest BCUT2D eigenvalue weighted by Crippen LogP contribution is -2.39. The summed E-state index contributed by atoms with van der Waals surface area (Å²) in [5.41, 5.74) is 9.98. The van der Waals surface area contributed by atoms with Crippen LogP contribution in [0.15, 0.2) is 122 Å². The first kappa shape index (κ1) is 30.9. The van der Waals surface area contributed by atoms with Gasteiger partial charge in [0.2, 0.25) is 0 Å². The maximum atomic E-state index is 3.86. The van der Waals surface area contributed by atoms with Gasteiger partial charge in [0, 0.05) is 5.92 Å². The average molecular weight is 587 g/mol. The van der Waals surface area contributed by atoms with Crippen molar-refractivity contribution in [2.45, 2.75) is 60.6 Å². The summed E-state index contributed by atoms with van der Waals surface area (Å²) < 4.78 is 0. The Labute approximate surface area is 271 Å². The lowest BCUT2D eigenvalue weighted by molar-refractivity contribution is 0.177. The van der Waals surface area contributed by atoms with Gasteiger partial charge in [0.25, 0.3) is 0 Å². The van der Waals surface area contributed by atoms with Crippen LogP contribution in [0.3, 0.4) is 0 Å². The highest BCUT2D eigenvalue weighted by atomic mass is 14.4. The van der Waals surface area contributed by atoms with E-state index in [0.29, 0.717) is 17.5 Å². The number of hydrogen-bond donors (Lipinski definition) is 0. The summed E-state index contributed by atoms with van der Waals surface area (Å²) in [6.07, 6.45) is 18.5. The first-order valence-electron chi connectivity index (χ1n) is 16.7. The van der Waals surface area contributed by atoms with Crippen molar-refractivity contribution in [3.8, 4) is 0 Å². The topological polar surface area (TPSA) is 0 Å². The van der Waals surface area contributed by atoms with Crippen LogP contribution in [0.5, 0.6) is 0 Å². The Morgan fingerprint density at radius 3 is 2.24 bits per heavy atom. The molecule has 1 heteroatoms. The SMILES string of the molecule is C=C/C=C\c1ccc(/C2=c3\ccc(B4CC(C)(C)C(C)(C)C4)c\c3=C(/c3ccc4ccccc4c3)C(C)/C=C\C=C/C2)cc1C. The molecule has 2 aliphatic rings. The van der Waals surface area contributed by atoms with Crippen LogP contribution < -0.4 is 15.9 Å². The monoisotopic (exact) mass is 586 g/mol. The van der Waals surface area contributed by atoms with Gasteiger partial charge in [-0.15, -0.1) is 0 Å². The van der Waals surface area contributed by atoms with Crippen molar-refractivity contribution in [1.82, 2.24) is 0 Å². The number of rotatable bonds is 5. The Kier molecular flexibility index (Phi) is 8.49. The van der Waals surface area contributed by atoms with Gasteiger partial charge in [-0.25, -0.2) is 0 Å². The lowest BCUT2D eigenvalue weighted by atomic mass is 9.42. The van der Waals surface area contributed by atoms with Gasteiger partial charge < -0.3 is 0 Å². The predicted octanol–water partition coefficient (Wildman–Crippen LogP) is 9.67. The molecule has 0 bridgehead atoms. The summed E-state index contributed by atoms with van der Waals surface area (Å²) in [7, 11) is 0. The zero-order chi connectivity index (χ0) is 31.8. The van der Waals surface area contributed by atoms with E-state index in [2.05, 4.69) is 157 Å². The van der Waals surface area contributed by atoms with E-state index in [0.717, 1.165) is 6.42 Å². The molecule has 0 aromatic heterocycles. The van der Waals surface area contributed by atoms with Crippen LogP contribution >= 0.6 is 0 Å². The number of fused-ring (bicyclic) bond motifs is 2. The van der Waals surface area contributed by atoms with E-state index in [4.69, 9.17) is 0 Å². The molecule has 0 saturated carbocycles. The number of hydrogen-bond acceptors (Lipinski definition) is 0. The normalized spacial score (nSPS) is 23.2. The van der Waals surface area contributed by atoms with E-state index in [-0.39, 0.29) is 5.92 Å². The number of benzene rings is 4. The summed E-state index contributed by atoms with van der Waals surface area (Å²) in [5, 5.41) is 5.29. The van der Waals surface area contributed by atoms with Crippen LogP contribution in [0.1, 0.15) is 63.3 Å². The molecule has 0 amide bonds. The van der Waals surface area contributed by atoms with Crippen LogP contribution in [0.4, 0.5) is 0 Å². The fraction of sp³-hybridized carbons (Fsp3) is 0.273. The Bertz CT molecular complexity index is 1960. The number of allylic oxidation sites excluding steroid dienone is 6. The summed E-state index contributed by atoms with van der Waals surface area (Å²) >= 11 is 0. The third kappa shape index (κ3) is 6.11. The highest BCUT2D eigenvalue weighted by molar-refractivity contribution is 6.74. The van der Waals surface area contributed by atoms with Crippen LogP contribution in [-0.2, 0) is 0 Å². The van der Waals surface area contributed by atoms with Gasteiger partial charge in [-0.05, 0) is 84.9 Å². The Balaban J connectivity index is 1.69. The van der Waals surface area contributed by atoms with Crippen molar-refractivity contribution >= 4 is 40.2 Å². The van der Waals surface area contributed by atoms with Crippen LogP contribution in [0.2, 0.25) is 12.6 Å². The summed E-state index contributed by atoms with van der Waals surface area (Å²) in [6.45, 7) is 18.8. The average Bonchev–Trinajstić information content (AvgIpc) is 3.24. The van der Waals surface area contributed by atoms with Crippen molar-refractivity contribution in [2.24, 2.45) is 16.7 Å². The minimum atomic E-state index is 0.244. The molecule has 0 spiro atoms. The summed E-state index contributed by atoms with van der Waals surface area (Å²) in [4.78, 5) is 0. The first-order valence-corrected chi connectivity index (χ1v) is 16.7. The summed E-state index contributed by atoms with van der Waals surface area (Å²) in [5.74, 6) is 0.244. The van der Waals surface area contributed by atoms with Gasteiger partial charge in [-0.3, -0.25) is 0 Å². The predicted molar refractivity (Wildman–Crippen MR) is 200 cm³/mol. The molecule has 6 rings (SSSR count). The Morgan fingerprint density at radius 1 is 0.778 bits per heavy atom. The van der Waals surface area contributed by atoms with Gasteiger partial charge in [-0.2, -0.15) is 0 Å². The molecule has 1 atom stereocenters. The fourth-order valence-electron chi connectivity index (χ4n) is 7.61. The molecule has 0 N–H and O–H groups in total. The maximum absolute atomic E-state index is 3.86. The van der Waals surface area contributed by atoms with Crippen molar-refractivity contribution in [3.05, 3.63) is 155 Å². The van der Waals surface area contributed by atoms with E-state index in [1.54, 1.807) is 0 Å². The third-order valence-corrected chi connectivity index (χ3v) is 11.0. The smallest absolute Gasteiger partial charge is 0.0991 e. The van der Waals surface area contributed by atoms with Gasteiger partial charge >= 0.3 is 0 Å². The van der Waals surface area contributed by atoms with Crippen molar-refractivity contribution in [1.29, 1.82) is 0 Å². The minimum Gasteiger partial charge on any atom is -0.0991 e. The van der Waals surface area contributed by atoms with Crippen molar-refractivity contribution in [2.75, 3.05) is 0 Å². The summed E-state index contributed by atoms with van der Waals surface area (Å²) in [6, 6.07) is 30.2. The van der Waals surface area contributed by atoms with E-state index in [1.165, 1.54) is 72.7 Å². The van der Waals surface area contributed by atoms with Crippen LogP contribution in [0.25, 0.3) is 28.0 Å². The van der Waals surface area contributed by atoms with Crippen LogP contribution in [-0.4, -0.2) is 6.71 Å². The van der Waals surface area contributed by atoms with Gasteiger partial charge in [-0.1, -0.05) is 175 Å². The first-order chi connectivity index (χ1) is 21.6. The molecule has 1 aliphatic heterocycles. The Hall–Kier alpha value is -4.10. The molecule has 45 heavy (non-hydrogen) atoms.